The molecule has 124 valence electrons. The van der Waals surface area contributed by atoms with E-state index in [0.29, 0.717) is 22.3 Å². The van der Waals surface area contributed by atoms with Crippen LogP contribution in [0.1, 0.15) is 28.3 Å². The third kappa shape index (κ3) is 3.73. The molecular weight excluding hydrogens is 327 g/mol. The lowest BCUT2D eigenvalue weighted by Gasteiger charge is -2.23. The van der Waals surface area contributed by atoms with E-state index in [4.69, 9.17) is 0 Å². The summed E-state index contributed by atoms with van der Waals surface area (Å²) in [6.07, 6.45) is 0. The Morgan fingerprint density at radius 3 is 1.61 bits per heavy atom. The molecule has 0 atom stereocenters. The normalized spacial score (nSPS) is 12.6. The van der Waals surface area contributed by atoms with Crippen molar-refractivity contribution in [3.63, 3.8) is 0 Å². The molecule has 0 unspecified atom stereocenters. The molecule has 0 fully saturated rings. The van der Waals surface area contributed by atoms with Gasteiger partial charge in [0, 0.05) is 0 Å². The molecule has 0 bridgehead atoms. The maximum Gasteiger partial charge on any atom is 0.511 e. The summed E-state index contributed by atoms with van der Waals surface area (Å²) in [5, 5.41) is 0. The van der Waals surface area contributed by atoms with Crippen LogP contribution >= 0.6 is 0 Å². The van der Waals surface area contributed by atoms with E-state index in [2.05, 4.69) is 0 Å². The molecule has 0 aromatic heterocycles. The fourth-order valence-corrected chi connectivity index (χ4v) is 3.04. The fraction of sp³-hybridized carbons (Fsp3) is 0.250. The van der Waals surface area contributed by atoms with Gasteiger partial charge >= 0.3 is 15.5 Å². The van der Waals surface area contributed by atoms with Crippen LogP contribution in [0.4, 0.5) is 13.2 Å². The Kier molecular flexibility index (Phi) is 4.81. The molecule has 2 aromatic carbocycles. The molecular formula is C16H16F3NO2S. The highest BCUT2D eigenvalue weighted by molar-refractivity contribution is 7.90. The van der Waals surface area contributed by atoms with Gasteiger partial charge in [0.15, 0.2) is 0 Å². The van der Waals surface area contributed by atoms with Crippen molar-refractivity contribution >= 4 is 10.0 Å². The van der Waals surface area contributed by atoms with Crippen LogP contribution in [0.3, 0.4) is 0 Å². The van der Waals surface area contributed by atoms with Crippen LogP contribution in [0.25, 0.3) is 0 Å². The highest BCUT2D eigenvalue weighted by Crippen LogP contribution is 2.31. The molecule has 0 spiro atoms. The van der Waals surface area contributed by atoms with E-state index < -0.39 is 21.6 Å². The number of hydrogen-bond acceptors (Lipinski definition) is 2. The summed E-state index contributed by atoms with van der Waals surface area (Å²) in [7, 11) is -5.48. The van der Waals surface area contributed by atoms with Crippen molar-refractivity contribution in [3.8, 4) is 0 Å². The van der Waals surface area contributed by atoms with Crippen LogP contribution in [0, 0.1) is 13.8 Å². The van der Waals surface area contributed by atoms with Gasteiger partial charge in [-0.2, -0.15) is 17.9 Å². The molecule has 2 aromatic rings. The predicted molar refractivity (Wildman–Crippen MR) is 82.3 cm³/mol. The zero-order chi connectivity index (χ0) is 17.3. The topological polar surface area (TPSA) is 46.2 Å². The summed E-state index contributed by atoms with van der Waals surface area (Å²) < 4.78 is 63.3. The Morgan fingerprint density at radius 1 is 0.870 bits per heavy atom. The number of alkyl halides is 3. The van der Waals surface area contributed by atoms with E-state index in [9.17, 15) is 21.6 Å². The van der Waals surface area contributed by atoms with Crippen molar-refractivity contribution in [1.29, 1.82) is 0 Å². The summed E-state index contributed by atoms with van der Waals surface area (Å²) in [4.78, 5) is 0. The molecule has 0 saturated carbocycles. The van der Waals surface area contributed by atoms with E-state index >= 15 is 0 Å². The van der Waals surface area contributed by atoms with E-state index in [-0.39, 0.29) is 0 Å². The second-order valence-corrected chi connectivity index (χ2v) is 6.92. The Morgan fingerprint density at radius 2 is 1.26 bits per heavy atom. The van der Waals surface area contributed by atoms with Gasteiger partial charge in [-0.3, -0.25) is 0 Å². The smallest absolute Gasteiger partial charge is 0.203 e. The van der Waals surface area contributed by atoms with Crippen LogP contribution in [0.2, 0.25) is 0 Å². The number of sulfonamides is 1. The molecule has 23 heavy (non-hydrogen) atoms. The van der Waals surface area contributed by atoms with E-state index in [1.165, 1.54) is 0 Å². The predicted octanol–water partition coefficient (Wildman–Crippen LogP) is 3.83. The minimum absolute atomic E-state index is 0.481. The number of nitrogens with one attached hydrogen (secondary N) is 1. The number of benzene rings is 2. The van der Waals surface area contributed by atoms with Gasteiger partial charge in [-0.05, 0) is 36.1 Å². The largest absolute Gasteiger partial charge is 0.511 e. The SMILES string of the molecule is Cc1ccccc1C(NS(=O)(=O)C(F)(F)F)c1ccccc1C. The van der Waals surface area contributed by atoms with Crippen molar-refractivity contribution in [1.82, 2.24) is 4.72 Å². The van der Waals surface area contributed by atoms with Crippen molar-refractivity contribution in [3.05, 3.63) is 70.8 Å². The molecule has 0 saturated heterocycles. The van der Waals surface area contributed by atoms with Crippen molar-refractivity contribution in [2.45, 2.75) is 25.4 Å². The van der Waals surface area contributed by atoms with Gasteiger partial charge in [-0.1, -0.05) is 48.5 Å². The minimum atomic E-state index is -5.48. The van der Waals surface area contributed by atoms with E-state index in [0.717, 1.165) is 0 Å². The molecule has 1 N–H and O–H groups in total. The Hall–Kier alpha value is -1.86. The van der Waals surface area contributed by atoms with E-state index in [1.807, 2.05) is 0 Å². The Labute approximate surface area is 133 Å². The van der Waals surface area contributed by atoms with Gasteiger partial charge < -0.3 is 0 Å². The maximum atomic E-state index is 12.8. The molecule has 0 amide bonds. The maximum absolute atomic E-state index is 12.8. The summed E-state index contributed by atoms with van der Waals surface area (Å²) >= 11 is 0. The van der Waals surface area contributed by atoms with Gasteiger partial charge in [0.05, 0.1) is 6.04 Å². The molecule has 0 aliphatic rings. The fourth-order valence-electron chi connectivity index (χ4n) is 2.34. The lowest BCUT2D eigenvalue weighted by molar-refractivity contribution is -0.0449. The third-order valence-corrected chi connectivity index (χ3v) is 4.73. The summed E-state index contributed by atoms with van der Waals surface area (Å²) in [6.45, 7) is 3.45. The number of halogens is 3. The van der Waals surface area contributed by atoms with Crippen molar-refractivity contribution in [2.75, 3.05) is 0 Å². The van der Waals surface area contributed by atoms with Gasteiger partial charge in [-0.15, -0.1) is 0 Å². The second kappa shape index (κ2) is 6.33. The molecule has 0 radical (unpaired) electrons. The zero-order valence-electron chi connectivity index (χ0n) is 12.6. The van der Waals surface area contributed by atoms with Crippen molar-refractivity contribution in [2.24, 2.45) is 0 Å². The first-order valence-corrected chi connectivity index (χ1v) is 8.31. The number of hydrogen-bond donors (Lipinski definition) is 1. The van der Waals surface area contributed by atoms with Crippen LogP contribution in [-0.2, 0) is 10.0 Å². The van der Waals surface area contributed by atoms with Crippen molar-refractivity contribution < 1.29 is 21.6 Å². The van der Waals surface area contributed by atoms with Gasteiger partial charge in [-0.25, -0.2) is 8.42 Å². The van der Waals surface area contributed by atoms with Crippen LogP contribution < -0.4 is 4.72 Å². The lowest BCUT2D eigenvalue weighted by atomic mass is 9.93. The average Bonchev–Trinajstić information content (AvgIpc) is 2.45. The highest BCUT2D eigenvalue weighted by atomic mass is 32.2. The van der Waals surface area contributed by atoms with Crippen LogP contribution in [-0.4, -0.2) is 13.9 Å². The zero-order valence-corrected chi connectivity index (χ0v) is 13.4. The van der Waals surface area contributed by atoms with Crippen LogP contribution in [0.15, 0.2) is 48.5 Å². The average molecular weight is 343 g/mol. The first-order valence-electron chi connectivity index (χ1n) is 6.83. The Bertz CT molecular complexity index is 755. The molecule has 0 aliphatic carbocycles. The summed E-state index contributed by atoms with van der Waals surface area (Å²) in [5.74, 6) is 0. The lowest BCUT2D eigenvalue weighted by Crippen LogP contribution is -2.39. The minimum Gasteiger partial charge on any atom is -0.203 e. The number of rotatable bonds is 4. The van der Waals surface area contributed by atoms with Gasteiger partial charge in [0.1, 0.15) is 0 Å². The molecule has 0 heterocycles. The molecule has 7 heteroatoms. The first kappa shape index (κ1) is 17.5. The highest BCUT2D eigenvalue weighted by Gasteiger charge is 2.47. The third-order valence-electron chi connectivity index (χ3n) is 3.58. The van der Waals surface area contributed by atoms with Crippen LogP contribution in [0.5, 0.6) is 0 Å². The summed E-state index contributed by atoms with van der Waals surface area (Å²) in [5.41, 5.74) is -3.00. The van der Waals surface area contributed by atoms with E-state index in [1.54, 1.807) is 67.1 Å². The standard InChI is InChI=1S/C16H16F3NO2S/c1-11-7-3-5-9-13(11)15(14-10-6-4-8-12(14)2)20-23(21,22)16(17,18)19/h3-10,15,20H,1-2H3. The quantitative estimate of drug-likeness (QED) is 0.917. The van der Waals surface area contributed by atoms with Gasteiger partial charge in [0.25, 0.3) is 0 Å². The van der Waals surface area contributed by atoms with Gasteiger partial charge in [0.2, 0.25) is 0 Å². The first-order chi connectivity index (χ1) is 10.6. The number of aryl methyl sites for hydroxylation is 2. The summed E-state index contributed by atoms with van der Waals surface area (Å²) in [6, 6.07) is 12.4. The molecule has 2 rings (SSSR count). The molecule has 0 aliphatic heterocycles. The Balaban J connectivity index is 2.59. The molecule has 3 nitrogen and oxygen atoms in total. The monoisotopic (exact) mass is 343 g/mol. The second-order valence-electron chi connectivity index (χ2n) is 5.21.